The molecule has 0 aromatic carbocycles. The monoisotopic (exact) mass is 970 g/mol. The van der Waals surface area contributed by atoms with Crippen LogP contribution in [0, 0.1) is 0 Å². The molecule has 2 saturated heterocycles. The highest BCUT2D eigenvalue weighted by atomic mass is 31.2. The van der Waals surface area contributed by atoms with Gasteiger partial charge in [-0.05, 0) is 39.5 Å². The van der Waals surface area contributed by atoms with Crippen molar-refractivity contribution in [1.82, 2.24) is 21.3 Å². The average molecular weight is 971 g/mol. The summed E-state index contributed by atoms with van der Waals surface area (Å²) in [5, 5.41) is 69.6. The molecule has 0 bridgehead atoms. The van der Waals surface area contributed by atoms with Crippen LogP contribution in [0.5, 0.6) is 0 Å². The van der Waals surface area contributed by atoms with Crippen LogP contribution in [0.15, 0.2) is 0 Å². The lowest BCUT2D eigenvalue weighted by Crippen LogP contribution is -2.64. The van der Waals surface area contributed by atoms with E-state index in [1.807, 2.05) is 0 Å². The predicted octanol–water partition coefficient (Wildman–Crippen LogP) is -5.38. The molecule has 2 aliphatic rings. The maximum atomic E-state index is 12.8. The summed E-state index contributed by atoms with van der Waals surface area (Å²) in [6.45, 7) is 1.86. The molecule has 64 heavy (non-hydrogen) atoms. The number of nitrogens with one attached hydrogen (secondary N) is 4. The quantitative estimate of drug-likeness (QED) is 0.0236. The van der Waals surface area contributed by atoms with Gasteiger partial charge in [-0.3, -0.25) is 28.3 Å². The Morgan fingerprint density at radius 1 is 0.672 bits per heavy atom. The molecule has 2 fully saturated rings. The first-order valence-corrected chi connectivity index (χ1v) is 23.5. The van der Waals surface area contributed by atoms with Crippen LogP contribution in [0.3, 0.4) is 0 Å². The Kier molecular flexibility index (Phi) is 26.0. The normalized spacial score (nSPS) is 28.9. The molecule has 11 N–H and O–H groups in total. The van der Waals surface area contributed by atoms with Gasteiger partial charge in [0.05, 0.1) is 32.5 Å². The van der Waals surface area contributed by atoms with Crippen LogP contribution in [0.2, 0.25) is 0 Å². The maximum Gasteiger partial charge on any atom is 0.268 e. The molecular formula is C35H64N4O23P2-2. The summed E-state index contributed by atoms with van der Waals surface area (Å²) in [4.78, 5) is 81.9. The van der Waals surface area contributed by atoms with Crippen molar-refractivity contribution in [2.24, 2.45) is 0 Å². The van der Waals surface area contributed by atoms with Crippen molar-refractivity contribution in [3.63, 3.8) is 0 Å². The topological polar surface area (TPSA) is 412 Å². The Balaban J connectivity index is 1.84. The lowest BCUT2D eigenvalue weighted by molar-refractivity contribution is -0.270. The number of phosphoric acid groups is 2. The number of phosphoric ester groups is 2. The van der Waals surface area contributed by atoms with Crippen molar-refractivity contribution < 1.29 is 111 Å². The minimum absolute atomic E-state index is 0.0182. The second kappa shape index (κ2) is 28.7. The molecule has 0 aromatic heterocycles. The fourth-order valence-corrected chi connectivity index (χ4v) is 7.58. The van der Waals surface area contributed by atoms with Crippen LogP contribution in [0.4, 0.5) is 0 Å². The molecule has 2 aliphatic heterocycles. The minimum atomic E-state index is -5.49. The Bertz CT molecular complexity index is 1530. The second-order valence-corrected chi connectivity index (χ2v) is 17.7. The van der Waals surface area contributed by atoms with E-state index in [-0.39, 0.29) is 64.9 Å². The van der Waals surface area contributed by atoms with Crippen molar-refractivity contribution in [3.05, 3.63) is 0 Å². The van der Waals surface area contributed by atoms with Crippen molar-refractivity contribution in [3.8, 4) is 0 Å². The van der Waals surface area contributed by atoms with E-state index in [0.29, 0.717) is 0 Å². The molecule has 8 unspecified atom stereocenters. The van der Waals surface area contributed by atoms with Crippen LogP contribution in [0.1, 0.15) is 66.2 Å². The Morgan fingerprint density at radius 2 is 1.09 bits per heavy atom. The summed E-state index contributed by atoms with van der Waals surface area (Å²) in [6, 6.07) is -2.31. The van der Waals surface area contributed by atoms with E-state index in [0.717, 1.165) is 0 Å². The number of carbonyl (C=O) groups excluding carboxylic acids is 4. The number of hydrogen-bond donors (Lipinski definition) is 11. The third-order valence-electron chi connectivity index (χ3n) is 9.31. The predicted molar refractivity (Wildman–Crippen MR) is 211 cm³/mol. The fourth-order valence-electron chi connectivity index (χ4n) is 6.16. The number of unbranched alkanes of at least 4 members (excludes halogenated alkanes) is 2. The zero-order chi connectivity index (χ0) is 48.2. The first-order chi connectivity index (χ1) is 30.0. The Labute approximate surface area is 369 Å². The number of aliphatic hydroxyl groups excluding tert-OH is 6. The maximum absolute atomic E-state index is 12.8. The second-order valence-electron chi connectivity index (χ2n) is 15.2. The van der Waals surface area contributed by atoms with Crippen molar-refractivity contribution in [1.29, 1.82) is 0 Å². The molecule has 0 radical (unpaired) electrons. The van der Waals surface area contributed by atoms with E-state index in [2.05, 4.69) is 25.8 Å². The molecule has 374 valence electrons. The highest BCUT2D eigenvalue weighted by molar-refractivity contribution is 7.46. The SMILES string of the molecule is CC(=O)NC1[C@H](OCCCCC(=O)NCC(COP(=O)([O-])OC(CNC(=O)CCCCO[C@@H]2OC(CO)[C@H](O)[C@H](O)C2NC(C)=O)COC(C)C)OP(=O)([O-])O)OC(CO)[C@H](O)[C@@H]1O. The molecule has 0 aromatic rings. The molecule has 2 heterocycles. The summed E-state index contributed by atoms with van der Waals surface area (Å²) in [5.41, 5.74) is 0. The molecule has 0 spiro atoms. The van der Waals surface area contributed by atoms with Gasteiger partial charge in [-0.25, -0.2) is 0 Å². The van der Waals surface area contributed by atoms with Crippen LogP contribution >= 0.6 is 15.6 Å². The van der Waals surface area contributed by atoms with Gasteiger partial charge >= 0.3 is 0 Å². The molecule has 0 aliphatic carbocycles. The van der Waals surface area contributed by atoms with Crippen molar-refractivity contribution in [2.75, 3.05) is 52.7 Å². The molecule has 14 atom stereocenters. The molecule has 27 nitrogen and oxygen atoms in total. The standard InChI is InChI=1S/C35H66N4O23P2/c1-19(2)57-17-22(13-36-26(44)9-5-7-11-55-34-28(38-20(3)42)32(48)30(46)24(15-40)59-34)62-64(53,54)58-18-23(61-63(50,51)52)14-37-27(45)10-6-8-12-56-35-29(39-21(4)43)33(49)31(47)25(16-41)60-35/h19,22-25,28-35,40-41,46-49H,5-18H2,1-4H3,(H,36,44)(H,37,45)(H,38,42)(H,39,43)(H,53,54)(H2,50,51,52)/p-2/t22?,23?,24?,25?,28?,29?,30-,31-,32+,33+,34+,35+/m0/s1. The van der Waals surface area contributed by atoms with Gasteiger partial charge in [-0.2, -0.15) is 0 Å². The molecule has 2 rings (SSSR count). The Hall–Kier alpha value is -2.34. The van der Waals surface area contributed by atoms with Crippen molar-refractivity contribution >= 4 is 39.3 Å². The lowest BCUT2D eigenvalue weighted by Gasteiger charge is -2.42. The van der Waals surface area contributed by atoms with Gasteiger partial charge in [0.2, 0.25) is 23.6 Å². The zero-order valence-corrected chi connectivity index (χ0v) is 37.8. The lowest BCUT2D eigenvalue weighted by atomic mass is 9.97. The van der Waals surface area contributed by atoms with Crippen LogP contribution < -0.4 is 31.1 Å². The number of carbonyl (C=O) groups is 4. The molecule has 0 saturated carbocycles. The smallest absolute Gasteiger partial charge is 0.268 e. The molecule has 29 heteroatoms. The number of ether oxygens (including phenoxy) is 5. The first kappa shape index (κ1) is 57.8. The number of hydrogen-bond acceptors (Lipinski definition) is 22. The van der Waals surface area contributed by atoms with E-state index in [1.165, 1.54) is 13.8 Å². The van der Waals surface area contributed by atoms with E-state index in [4.69, 9.17) is 32.7 Å². The number of aliphatic hydroxyl groups is 6. The van der Waals surface area contributed by atoms with Crippen LogP contribution in [0.25, 0.3) is 0 Å². The van der Waals surface area contributed by atoms with Gasteiger partial charge in [0, 0.05) is 53.0 Å². The first-order valence-electron chi connectivity index (χ1n) is 20.5. The average Bonchev–Trinajstić information content (AvgIpc) is 3.20. The third kappa shape index (κ3) is 22.0. The fraction of sp³-hybridized carbons (Fsp3) is 0.886. The summed E-state index contributed by atoms with van der Waals surface area (Å²) in [5.74, 6) is -2.26. The molecule has 4 amide bonds. The van der Waals surface area contributed by atoms with E-state index in [9.17, 15) is 73.6 Å². The van der Waals surface area contributed by atoms with Crippen LogP contribution in [-0.2, 0) is 65.6 Å². The highest BCUT2D eigenvalue weighted by Gasteiger charge is 2.46. The van der Waals surface area contributed by atoms with Gasteiger partial charge in [0.25, 0.3) is 15.6 Å². The van der Waals surface area contributed by atoms with Gasteiger partial charge in [0.1, 0.15) is 60.9 Å². The highest BCUT2D eigenvalue weighted by Crippen LogP contribution is 2.41. The third-order valence-corrected chi connectivity index (χ3v) is 10.9. The van der Waals surface area contributed by atoms with E-state index >= 15 is 0 Å². The summed E-state index contributed by atoms with van der Waals surface area (Å²) in [6.07, 6.45) is -13.7. The minimum Gasteiger partial charge on any atom is -0.756 e. The summed E-state index contributed by atoms with van der Waals surface area (Å²) >= 11 is 0. The largest absolute Gasteiger partial charge is 0.756 e. The van der Waals surface area contributed by atoms with E-state index in [1.54, 1.807) is 13.8 Å². The van der Waals surface area contributed by atoms with E-state index < -0.39 is 145 Å². The number of rotatable bonds is 30. The van der Waals surface area contributed by atoms with Gasteiger partial charge in [0.15, 0.2) is 12.6 Å². The summed E-state index contributed by atoms with van der Waals surface area (Å²) < 4.78 is 66.3. The van der Waals surface area contributed by atoms with Crippen LogP contribution in [-0.4, -0.2) is 191 Å². The van der Waals surface area contributed by atoms with Gasteiger partial charge < -0.3 is 104 Å². The number of amides is 4. The van der Waals surface area contributed by atoms with Gasteiger partial charge in [-0.15, -0.1) is 0 Å². The summed E-state index contributed by atoms with van der Waals surface area (Å²) in [7, 11) is -10.8. The van der Waals surface area contributed by atoms with Crippen molar-refractivity contribution in [2.45, 2.75) is 146 Å². The molecular weight excluding hydrogens is 906 g/mol. The van der Waals surface area contributed by atoms with Gasteiger partial charge in [-0.1, -0.05) is 0 Å². The zero-order valence-electron chi connectivity index (χ0n) is 36.0. The Morgan fingerprint density at radius 3 is 1.47 bits per heavy atom.